The number of pyridine rings is 3. The van der Waals surface area contributed by atoms with Gasteiger partial charge in [-0.15, -0.1) is 11.3 Å². The molecule has 0 bridgehead atoms. The number of thiophene rings is 1. The van der Waals surface area contributed by atoms with E-state index in [1.165, 1.54) is 6.07 Å². The van der Waals surface area contributed by atoms with E-state index in [2.05, 4.69) is 35.5 Å². The van der Waals surface area contributed by atoms with Crippen LogP contribution in [0.15, 0.2) is 85.6 Å². The largest absolute Gasteiger partial charge is 0.335 e. The summed E-state index contributed by atoms with van der Waals surface area (Å²) in [4.78, 5) is 34.6. The predicted octanol–water partition coefficient (Wildman–Crippen LogP) is 6.64. The Balaban J connectivity index is 0.00000302. The van der Waals surface area contributed by atoms with Crippen LogP contribution in [-0.2, 0) is 11.2 Å². The zero-order valence-corrected chi connectivity index (χ0v) is 21.5. The summed E-state index contributed by atoms with van der Waals surface area (Å²) < 4.78 is 13.7. The molecule has 0 saturated carbocycles. The molecule has 0 radical (unpaired) electrons. The Kier molecular flexibility index (Phi) is 6.78. The highest BCUT2D eigenvalue weighted by molar-refractivity contribution is 7.14. The second-order valence-corrected chi connectivity index (χ2v) is 10.2. The van der Waals surface area contributed by atoms with Gasteiger partial charge in [-0.25, -0.2) is 9.97 Å². The van der Waals surface area contributed by atoms with Gasteiger partial charge < -0.3 is 10.3 Å². The van der Waals surface area contributed by atoms with Gasteiger partial charge in [0.1, 0.15) is 11.2 Å². The fourth-order valence-corrected chi connectivity index (χ4v) is 5.32. The van der Waals surface area contributed by atoms with E-state index in [1.54, 1.807) is 37.1 Å². The molecule has 3 N–H and O–H groups in total. The van der Waals surface area contributed by atoms with E-state index < -0.39 is 0 Å². The molecule has 1 amide bonds. The van der Waals surface area contributed by atoms with Crippen LogP contribution in [0.2, 0.25) is 0 Å². The van der Waals surface area contributed by atoms with Gasteiger partial charge in [0, 0.05) is 40.2 Å². The minimum atomic E-state index is -0.268. The molecule has 7 aromatic rings. The summed E-state index contributed by atoms with van der Waals surface area (Å²) in [6.07, 6.45) is 8.68. The normalized spacial score (nSPS) is 11.0. The second-order valence-electron chi connectivity index (χ2n) is 9.14. The Labute approximate surface area is 237 Å². The van der Waals surface area contributed by atoms with Crippen molar-refractivity contribution in [2.75, 3.05) is 5.32 Å². The van der Waals surface area contributed by atoms with Gasteiger partial charge in [0.15, 0.2) is 16.6 Å². The van der Waals surface area contributed by atoms with E-state index in [9.17, 15) is 9.18 Å². The highest BCUT2D eigenvalue weighted by Crippen LogP contribution is 2.34. The molecule has 0 spiro atoms. The molecule has 0 saturated heterocycles. The van der Waals surface area contributed by atoms with Gasteiger partial charge in [-0.05, 0) is 29.8 Å². The molecule has 41 heavy (non-hydrogen) atoms. The standard InChI is InChI=1S/C29H19FN8OS.CH4/c30-24-7-6-23(40-24)21-14-32-15-22-26(21)36-29(35-22)27-20-10-18(12-33-28(20)38-37-27)17-9-19(13-31-11-17)34-25(39)8-16-4-2-1-3-5-16;/h1-7,9-15H,8H2,(H,34,39)(H,35,36)(H,33,37,38);1H4. The van der Waals surface area contributed by atoms with Crippen LogP contribution >= 0.6 is 11.3 Å². The lowest BCUT2D eigenvalue weighted by atomic mass is 10.1. The van der Waals surface area contributed by atoms with Crippen molar-refractivity contribution in [3.63, 3.8) is 0 Å². The number of hydrogen-bond acceptors (Lipinski definition) is 7. The van der Waals surface area contributed by atoms with Crippen LogP contribution in [0.4, 0.5) is 10.1 Å². The van der Waals surface area contributed by atoms with Crippen molar-refractivity contribution < 1.29 is 9.18 Å². The summed E-state index contributed by atoms with van der Waals surface area (Å²) in [5, 5.41) is 10.8. The molecule has 9 nitrogen and oxygen atoms in total. The number of anilines is 1. The topological polar surface area (TPSA) is 125 Å². The van der Waals surface area contributed by atoms with Gasteiger partial charge in [-0.1, -0.05) is 37.8 Å². The van der Waals surface area contributed by atoms with Crippen molar-refractivity contribution in [2.45, 2.75) is 13.8 Å². The number of aromatic amines is 2. The van der Waals surface area contributed by atoms with E-state index in [4.69, 9.17) is 4.98 Å². The number of carbonyl (C=O) groups excluding carboxylic acids is 1. The number of nitrogens with zero attached hydrogens (tertiary/aromatic N) is 5. The molecule has 6 aromatic heterocycles. The van der Waals surface area contributed by atoms with Crippen molar-refractivity contribution in [1.82, 2.24) is 35.1 Å². The maximum atomic E-state index is 13.7. The first-order chi connectivity index (χ1) is 19.6. The van der Waals surface area contributed by atoms with E-state index in [0.29, 0.717) is 28.4 Å². The summed E-state index contributed by atoms with van der Waals surface area (Å²) in [6, 6.07) is 16.5. The second kappa shape index (κ2) is 10.7. The number of aromatic nitrogens is 7. The molecule has 11 heteroatoms. The molecular formula is C30H23FN8OS. The maximum Gasteiger partial charge on any atom is 0.228 e. The number of hydrogen-bond donors (Lipinski definition) is 3. The third-order valence-electron chi connectivity index (χ3n) is 6.44. The first-order valence-corrected chi connectivity index (χ1v) is 13.2. The van der Waals surface area contributed by atoms with Crippen LogP contribution in [0.3, 0.4) is 0 Å². The summed E-state index contributed by atoms with van der Waals surface area (Å²) in [7, 11) is 0. The summed E-state index contributed by atoms with van der Waals surface area (Å²) in [5.74, 6) is 0.433. The predicted molar refractivity (Wildman–Crippen MR) is 159 cm³/mol. The van der Waals surface area contributed by atoms with Gasteiger partial charge in [0.2, 0.25) is 5.91 Å². The Bertz CT molecular complexity index is 2010. The van der Waals surface area contributed by atoms with E-state index in [-0.39, 0.29) is 24.9 Å². The average molecular weight is 563 g/mol. The van der Waals surface area contributed by atoms with Crippen molar-refractivity contribution in [3.8, 4) is 33.1 Å². The van der Waals surface area contributed by atoms with Crippen molar-refractivity contribution in [3.05, 3.63) is 96.3 Å². The first kappa shape index (κ1) is 26.0. The molecule has 0 aliphatic carbocycles. The summed E-state index contributed by atoms with van der Waals surface area (Å²) >= 11 is 1.05. The fourth-order valence-electron chi connectivity index (χ4n) is 4.58. The zero-order chi connectivity index (χ0) is 27.1. The summed E-state index contributed by atoms with van der Waals surface area (Å²) in [5.41, 5.74) is 6.44. The van der Waals surface area contributed by atoms with Crippen LogP contribution in [0.5, 0.6) is 0 Å². The number of benzene rings is 1. The molecule has 6 heterocycles. The molecular weight excluding hydrogens is 539 g/mol. The van der Waals surface area contributed by atoms with E-state index in [0.717, 1.165) is 49.4 Å². The van der Waals surface area contributed by atoms with Crippen LogP contribution in [-0.4, -0.2) is 41.0 Å². The highest BCUT2D eigenvalue weighted by Gasteiger charge is 2.17. The SMILES string of the molecule is C.O=C(Cc1ccccc1)Nc1cncc(-c2cnc3n[nH]c(-c4nc5c(-c6ccc(F)s6)cncc5[nH]4)c3c2)c1. The average Bonchev–Trinajstić information content (AvgIpc) is 3.71. The van der Waals surface area contributed by atoms with Crippen LogP contribution in [0.1, 0.15) is 13.0 Å². The van der Waals surface area contributed by atoms with Gasteiger partial charge >= 0.3 is 0 Å². The minimum absolute atomic E-state index is 0. The van der Waals surface area contributed by atoms with Gasteiger partial charge in [0.05, 0.1) is 35.4 Å². The van der Waals surface area contributed by atoms with E-state index in [1.807, 2.05) is 42.5 Å². The molecule has 0 atom stereocenters. The third kappa shape index (κ3) is 5.06. The number of nitrogens with one attached hydrogen (secondary N) is 3. The number of fused-ring (bicyclic) bond motifs is 2. The molecule has 1 aromatic carbocycles. The molecule has 0 aliphatic rings. The number of H-pyrrole nitrogens is 2. The van der Waals surface area contributed by atoms with Crippen LogP contribution < -0.4 is 5.32 Å². The minimum Gasteiger partial charge on any atom is -0.335 e. The van der Waals surface area contributed by atoms with Gasteiger partial charge in [-0.2, -0.15) is 9.49 Å². The monoisotopic (exact) mass is 562 g/mol. The first-order valence-electron chi connectivity index (χ1n) is 12.3. The Morgan fingerprint density at radius 1 is 0.951 bits per heavy atom. The Hall–Kier alpha value is -5.29. The summed E-state index contributed by atoms with van der Waals surface area (Å²) in [6.45, 7) is 0. The highest BCUT2D eigenvalue weighted by atomic mass is 32.1. The quantitative estimate of drug-likeness (QED) is 0.209. The van der Waals surface area contributed by atoms with Crippen LogP contribution in [0.25, 0.3) is 55.2 Å². The Morgan fingerprint density at radius 2 is 1.78 bits per heavy atom. The lowest BCUT2D eigenvalue weighted by Crippen LogP contribution is -2.14. The molecule has 202 valence electrons. The zero-order valence-electron chi connectivity index (χ0n) is 20.7. The Morgan fingerprint density at radius 3 is 2.61 bits per heavy atom. The van der Waals surface area contributed by atoms with Gasteiger partial charge in [0.25, 0.3) is 0 Å². The number of rotatable bonds is 6. The molecule has 0 aliphatic heterocycles. The lowest BCUT2D eigenvalue weighted by Gasteiger charge is -2.07. The number of amides is 1. The molecule has 7 rings (SSSR count). The number of carbonyl (C=O) groups is 1. The third-order valence-corrected chi connectivity index (χ3v) is 7.35. The lowest BCUT2D eigenvalue weighted by molar-refractivity contribution is -0.115. The smallest absolute Gasteiger partial charge is 0.228 e. The van der Waals surface area contributed by atoms with E-state index >= 15 is 0 Å². The van der Waals surface area contributed by atoms with Gasteiger partial charge in [-0.3, -0.25) is 19.9 Å². The molecule has 0 unspecified atom stereocenters. The van der Waals surface area contributed by atoms with Crippen LogP contribution in [0, 0.1) is 5.13 Å². The molecule has 0 fully saturated rings. The van der Waals surface area contributed by atoms with Crippen molar-refractivity contribution in [2.24, 2.45) is 0 Å². The van der Waals surface area contributed by atoms with Crippen molar-refractivity contribution >= 4 is 45.0 Å². The number of halogens is 1. The van der Waals surface area contributed by atoms with Crippen molar-refractivity contribution in [1.29, 1.82) is 0 Å². The maximum absolute atomic E-state index is 13.7. The number of imidazole rings is 1. The fraction of sp³-hybridized carbons (Fsp3) is 0.0667.